The molecule has 0 aromatic heterocycles. The van der Waals surface area contributed by atoms with E-state index >= 15 is 0 Å². The molecular weight excluding hydrogens is 222 g/mol. The predicted molar refractivity (Wildman–Crippen MR) is 66.6 cm³/mol. The van der Waals surface area contributed by atoms with Crippen molar-refractivity contribution in [1.29, 1.82) is 0 Å². The molecule has 0 radical (unpaired) electrons. The van der Waals surface area contributed by atoms with Gasteiger partial charge < -0.3 is 10.8 Å². The number of hydrogen-bond acceptors (Lipinski definition) is 3. The molecular formula is C12H17NO2S. The maximum absolute atomic E-state index is 10.9. The van der Waals surface area contributed by atoms with E-state index in [1.165, 1.54) is 11.8 Å². The lowest BCUT2D eigenvalue weighted by atomic mass is 10.1. The Hall–Kier alpha value is -1.00. The molecule has 3 nitrogen and oxygen atoms in total. The van der Waals surface area contributed by atoms with Crippen LogP contribution in [0.2, 0.25) is 0 Å². The first kappa shape index (κ1) is 13.1. The van der Waals surface area contributed by atoms with Crippen molar-refractivity contribution in [2.45, 2.75) is 36.5 Å². The van der Waals surface area contributed by atoms with E-state index in [1.54, 1.807) is 0 Å². The van der Waals surface area contributed by atoms with E-state index in [1.807, 2.05) is 38.1 Å². The summed E-state index contributed by atoms with van der Waals surface area (Å²) in [6.07, 6.45) is 0.620. The molecule has 0 fully saturated rings. The summed E-state index contributed by atoms with van der Waals surface area (Å²) in [5.74, 6) is -0.760. The average Bonchev–Trinajstić information content (AvgIpc) is 2.26. The normalized spacial score (nSPS) is 14.4. The number of rotatable bonds is 5. The fourth-order valence-electron chi connectivity index (χ4n) is 1.32. The van der Waals surface area contributed by atoms with Crippen LogP contribution in [0.25, 0.3) is 0 Å². The predicted octanol–water partition coefficient (Wildman–Crippen LogP) is 2.66. The van der Waals surface area contributed by atoms with Gasteiger partial charge in [-0.25, -0.2) is 0 Å². The van der Waals surface area contributed by atoms with E-state index in [-0.39, 0.29) is 11.3 Å². The van der Waals surface area contributed by atoms with E-state index in [4.69, 9.17) is 10.8 Å². The van der Waals surface area contributed by atoms with Gasteiger partial charge in [0.1, 0.15) is 5.25 Å². The molecule has 0 amide bonds. The van der Waals surface area contributed by atoms with Crippen LogP contribution in [-0.4, -0.2) is 16.3 Å². The van der Waals surface area contributed by atoms with Crippen LogP contribution in [0.3, 0.4) is 0 Å². The topological polar surface area (TPSA) is 63.3 Å². The molecule has 0 saturated heterocycles. The molecule has 1 aromatic rings. The lowest BCUT2D eigenvalue weighted by molar-refractivity contribution is -0.136. The van der Waals surface area contributed by atoms with Gasteiger partial charge in [-0.05, 0) is 31.0 Å². The first-order chi connectivity index (χ1) is 7.54. The van der Waals surface area contributed by atoms with Gasteiger partial charge in [0.25, 0.3) is 0 Å². The largest absolute Gasteiger partial charge is 0.480 e. The SMILES string of the molecule is CCC(Sc1ccc(C(C)N)cc1)C(=O)O. The second-order valence-electron chi connectivity index (χ2n) is 3.71. The van der Waals surface area contributed by atoms with Gasteiger partial charge in [-0.3, -0.25) is 4.79 Å². The number of nitrogens with two attached hydrogens (primary N) is 1. The van der Waals surface area contributed by atoms with Gasteiger partial charge in [-0.2, -0.15) is 0 Å². The van der Waals surface area contributed by atoms with Crippen molar-refractivity contribution in [2.75, 3.05) is 0 Å². The van der Waals surface area contributed by atoms with Crippen LogP contribution in [0.15, 0.2) is 29.2 Å². The lowest BCUT2D eigenvalue weighted by Crippen LogP contribution is -2.14. The minimum atomic E-state index is -0.760. The van der Waals surface area contributed by atoms with Crippen molar-refractivity contribution in [3.8, 4) is 0 Å². The van der Waals surface area contributed by atoms with Crippen LogP contribution in [0.5, 0.6) is 0 Å². The number of thioether (sulfide) groups is 1. The summed E-state index contributed by atoms with van der Waals surface area (Å²) in [6, 6.07) is 7.76. The molecule has 1 aromatic carbocycles. The summed E-state index contributed by atoms with van der Waals surface area (Å²) in [7, 11) is 0. The Morgan fingerprint density at radius 3 is 2.38 bits per heavy atom. The van der Waals surface area contributed by atoms with Crippen LogP contribution in [0, 0.1) is 0 Å². The van der Waals surface area contributed by atoms with Crippen molar-refractivity contribution >= 4 is 17.7 Å². The molecule has 0 saturated carbocycles. The molecule has 4 heteroatoms. The van der Waals surface area contributed by atoms with Gasteiger partial charge in [0.2, 0.25) is 0 Å². The zero-order chi connectivity index (χ0) is 12.1. The second-order valence-corrected chi connectivity index (χ2v) is 4.99. The van der Waals surface area contributed by atoms with E-state index in [2.05, 4.69) is 0 Å². The Labute approximate surface area is 100 Å². The third-order valence-corrected chi connectivity index (χ3v) is 3.69. The quantitative estimate of drug-likeness (QED) is 0.775. The van der Waals surface area contributed by atoms with E-state index < -0.39 is 5.97 Å². The Morgan fingerprint density at radius 2 is 2.00 bits per heavy atom. The van der Waals surface area contributed by atoms with Gasteiger partial charge in [-0.15, -0.1) is 11.8 Å². The molecule has 0 spiro atoms. The lowest BCUT2D eigenvalue weighted by Gasteiger charge is -2.10. The number of carboxylic acids is 1. The zero-order valence-corrected chi connectivity index (χ0v) is 10.3. The van der Waals surface area contributed by atoms with Crippen LogP contribution in [0.4, 0.5) is 0 Å². The number of aliphatic carboxylic acids is 1. The molecule has 88 valence electrons. The third-order valence-electron chi connectivity index (χ3n) is 2.33. The van der Waals surface area contributed by atoms with Gasteiger partial charge in [0.15, 0.2) is 0 Å². The standard InChI is InChI=1S/C12H17NO2S/c1-3-11(12(14)15)16-10-6-4-9(5-7-10)8(2)13/h4-8,11H,3,13H2,1-2H3,(H,14,15). The molecule has 1 rings (SSSR count). The number of carbonyl (C=O) groups is 1. The zero-order valence-electron chi connectivity index (χ0n) is 9.51. The first-order valence-corrected chi connectivity index (χ1v) is 6.17. The summed E-state index contributed by atoms with van der Waals surface area (Å²) < 4.78 is 0. The third kappa shape index (κ3) is 3.54. The van der Waals surface area contributed by atoms with E-state index in [9.17, 15) is 4.79 Å². The summed E-state index contributed by atoms with van der Waals surface area (Å²) in [4.78, 5) is 11.8. The Morgan fingerprint density at radius 1 is 1.44 bits per heavy atom. The van der Waals surface area contributed by atoms with Crippen molar-refractivity contribution in [3.05, 3.63) is 29.8 Å². The van der Waals surface area contributed by atoms with Crippen LogP contribution in [-0.2, 0) is 4.79 Å². The summed E-state index contributed by atoms with van der Waals surface area (Å²) in [5.41, 5.74) is 6.80. The molecule has 2 unspecified atom stereocenters. The van der Waals surface area contributed by atoms with E-state index in [0.29, 0.717) is 6.42 Å². The molecule has 2 atom stereocenters. The number of carboxylic acid groups (broad SMARTS) is 1. The minimum absolute atomic E-state index is 0.0143. The number of benzene rings is 1. The highest BCUT2D eigenvalue weighted by Crippen LogP contribution is 2.26. The summed E-state index contributed by atoms with van der Waals surface area (Å²) >= 11 is 1.38. The maximum Gasteiger partial charge on any atom is 0.316 e. The fourth-order valence-corrected chi connectivity index (χ4v) is 2.21. The molecule has 3 N–H and O–H groups in total. The highest BCUT2D eigenvalue weighted by atomic mass is 32.2. The Kier molecular flexibility index (Phi) is 4.83. The Bertz CT molecular complexity index is 349. The fraction of sp³-hybridized carbons (Fsp3) is 0.417. The van der Waals surface area contributed by atoms with Gasteiger partial charge in [-0.1, -0.05) is 19.1 Å². The van der Waals surface area contributed by atoms with Gasteiger partial charge >= 0.3 is 5.97 Å². The molecule has 0 bridgehead atoms. The van der Waals surface area contributed by atoms with Crippen LogP contribution < -0.4 is 5.73 Å². The smallest absolute Gasteiger partial charge is 0.316 e. The molecule has 0 aliphatic rings. The maximum atomic E-state index is 10.9. The van der Waals surface area contributed by atoms with Gasteiger partial charge in [0.05, 0.1) is 0 Å². The Balaban J connectivity index is 2.71. The van der Waals surface area contributed by atoms with Crippen molar-refractivity contribution in [2.24, 2.45) is 5.73 Å². The monoisotopic (exact) mass is 239 g/mol. The van der Waals surface area contributed by atoms with Crippen molar-refractivity contribution in [1.82, 2.24) is 0 Å². The second kappa shape index (κ2) is 5.92. The van der Waals surface area contributed by atoms with Crippen LogP contribution >= 0.6 is 11.8 Å². The molecule has 0 aliphatic carbocycles. The summed E-state index contributed by atoms with van der Waals surface area (Å²) in [5, 5.41) is 8.56. The average molecular weight is 239 g/mol. The highest BCUT2D eigenvalue weighted by molar-refractivity contribution is 8.00. The van der Waals surface area contributed by atoms with Crippen molar-refractivity contribution < 1.29 is 9.90 Å². The van der Waals surface area contributed by atoms with Crippen molar-refractivity contribution in [3.63, 3.8) is 0 Å². The van der Waals surface area contributed by atoms with Crippen LogP contribution in [0.1, 0.15) is 31.9 Å². The van der Waals surface area contributed by atoms with E-state index in [0.717, 1.165) is 10.5 Å². The molecule has 16 heavy (non-hydrogen) atoms. The number of hydrogen-bond donors (Lipinski definition) is 2. The first-order valence-electron chi connectivity index (χ1n) is 5.29. The highest BCUT2D eigenvalue weighted by Gasteiger charge is 2.16. The summed E-state index contributed by atoms with van der Waals surface area (Å²) in [6.45, 7) is 3.80. The molecule has 0 heterocycles. The molecule has 0 aliphatic heterocycles. The minimum Gasteiger partial charge on any atom is -0.480 e. The van der Waals surface area contributed by atoms with Gasteiger partial charge in [0, 0.05) is 10.9 Å².